The molecule has 0 bridgehead atoms. The lowest BCUT2D eigenvalue weighted by Gasteiger charge is -1.99. The number of aromatic nitrogens is 3. The highest BCUT2D eigenvalue weighted by Crippen LogP contribution is 2.10. The molecule has 3 nitrogen and oxygen atoms in total. The fourth-order valence-corrected chi connectivity index (χ4v) is 1.73. The molecule has 0 fully saturated rings. The van der Waals surface area contributed by atoms with Crippen molar-refractivity contribution in [3.05, 3.63) is 48.5 Å². The molecule has 16 heavy (non-hydrogen) atoms. The number of rotatable bonds is 1. The third-order valence-corrected chi connectivity index (χ3v) is 2.52. The molecule has 0 aliphatic carbocycles. The standard InChI is InChI=1S/C12H10BN3/c13-9-4-3-5-10(8-9)16-14-11-6-1-2-7-12(11)15-16/h1-8H,13H2. The molecule has 0 amide bonds. The average Bonchev–Trinajstić information content (AvgIpc) is 2.72. The largest absolute Gasteiger partial charge is 0.150 e. The van der Waals surface area contributed by atoms with Crippen LogP contribution in [-0.4, -0.2) is 22.8 Å². The Morgan fingerprint density at radius 3 is 2.19 bits per heavy atom. The van der Waals surface area contributed by atoms with Gasteiger partial charge in [0.2, 0.25) is 0 Å². The maximum absolute atomic E-state index is 4.43. The fourth-order valence-electron chi connectivity index (χ4n) is 1.73. The molecular formula is C12H10BN3. The summed E-state index contributed by atoms with van der Waals surface area (Å²) >= 11 is 0. The van der Waals surface area contributed by atoms with E-state index in [1.165, 1.54) is 5.46 Å². The van der Waals surface area contributed by atoms with Gasteiger partial charge in [0, 0.05) is 0 Å². The monoisotopic (exact) mass is 207 g/mol. The van der Waals surface area contributed by atoms with Gasteiger partial charge in [-0.2, -0.15) is 4.80 Å². The summed E-state index contributed by atoms with van der Waals surface area (Å²) in [5.41, 5.74) is 4.04. The molecule has 0 spiro atoms. The molecule has 0 N–H and O–H groups in total. The van der Waals surface area contributed by atoms with Gasteiger partial charge in [0.1, 0.15) is 18.9 Å². The summed E-state index contributed by atoms with van der Waals surface area (Å²) in [6, 6.07) is 16.0. The van der Waals surface area contributed by atoms with Gasteiger partial charge in [-0.1, -0.05) is 29.7 Å². The second kappa shape index (κ2) is 3.49. The van der Waals surface area contributed by atoms with E-state index in [-0.39, 0.29) is 0 Å². The van der Waals surface area contributed by atoms with E-state index >= 15 is 0 Å². The zero-order valence-corrected chi connectivity index (χ0v) is 8.96. The first-order valence-corrected chi connectivity index (χ1v) is 5.22. The van der Waals surface area contributed by atoms with E-state index in [2.05, 4.69) is 30.2 Å². The van der Waals surface area contributed by atoms with Crippen molar-refractivity contribution < 1.29 is 0 Å². The van der Waals surface area contributed by atoms with Gasteiger partial charge in [-0.25, -0.2) is 0 Å². The highest BCUT2D eigenvalue weighted by molar-refractivity contribution is 6.32. The first kappa shape index (κ1) is 9.15. The van der Waals surface area contributed by atoms with Gasteiger partial charge < -0.3 is 0 Å². The van der Waals surface area contributed by atoms with Gasteiger partial charge in [0.15, 0.2) is 0 Å². The molecule has 76 valence electrons. The van der Waals surface area contributed by atoms with Crippen molar-refractivity contribution in [2.45, 2.75) is 0 Å². The van der Waals surface area contributed by atoms with Gasteiger partial charge in [-0.15, -0.1) is 10.2 Å². The predicted molar refractivity (Wildman–Crippen MR) is 67.0 cm³/mol. The van der Waals surface area contributed by atoms with Crippen molar-refractivity contribution in [2.24, 2.45) is 0 Å². The lowest BCUT2D eigenvalue weighted by atomic mass is 9.96. The maximum Gasteiger partial charge on any atom is 0.139 e. The minimum atomic E-state index is 0.920. The molecule has 3 rings (SSSR count). The molecule has 0 saturated carbocycles. The smallest absolute Gasteiger partial charge is 0.139 e. The molecule has 0 unspecified atom stereocenters. The van der Waals surface area contributed by atoms with Crippen LogP contribution in [0.3, 0.4) is 0 Å². The van der Waals surface area contributed by atoms with E-state index in [4.69, 9.17) is 0 Å². The lowest BCUT2D eigenvalue weighted by molar-refractivity contribution is 0.766. The number of fused-ring (bicyclic) bond motifs is 1. The minimum Gasteiger partial charge on any atom is -0.150 e. The summed E-state index contributed by atoms with van der Waals surface area (Å²) in [4.78, 5) is 1.68. The van der Waals surface area contributed by atoms with Crippen molar-refractivity contribution in [1.29, 1.82) is 0 Å². The fraction of sp³-hybridized carbons (Fsp3) is 0. The second-order valence-electron chi connectivity index (χ2n) is 3.82. The van der Waals surface area contributed by atoms with Gasteiger partial charge in [-0.05, 0) is 24.3 Å². The molecule has 2 aromatic carbocycles. The molecule has 3 aromatic rings. The van der Waals surface area contributed by atoms with Gasteiger partial charge in [0.25, 0.3) is 0 Å². The van der Waals surface area contributed by atoms with Crippen LogP contribution in [0.4, 0.5) is 0 Å². The van der Waals surface area contributed by atoms with Crippen molar-refractivity contribution >= 4 is 24.3 Å². The van der Waals surface area contributed by atoms with Crippen LogP contribution >= 0.6 is 0 Å². The Morgan fingerprint density at radius 1 is 0.875 bits per heavy atom. The highest BCUT2D eigenvalue weighted by atomic mass is 15.5. The van der Waals surface area contributed by atoms with Crippen molar-refractivity contribution in [3.8, 4) is 5.69 Å². The first-order valence-electron chi connectivity index (χ1n) is 5.22. The zero-order chi connectivity index (χ0) is 11.0. The van der Waals surface area contributed by atoms with E-state index < -0.39 is 0 Å². The van der Waals surface area contributed by atoms with E-state index in [1.54, 1.807) is 4.80 Å². The van der Waals surface area contributed by atoms with Gasteiger partial charge in [0.05, 0.1) is 5.69 Å². The summed E-state index contributed by atoms with van der Waals surface area (Å²) < 4.78 is 0. The van der Waals surface area contributed by atoms with Gasteiger partial charge >= 0.3 is 0 Å². The Labute approximate surface area is 94.1 Å². The average molecular weight is 207 g/mol. The molecule has 0 radical (unpaired) electrons. The van der Waals surface area contributed by atoms with E-state index in [1.807, 2.05) is 36.4 Å². The van der Waals surface area contributed by atoms with Crippen molar-refractivity contribution in [2.75, 3.05) is 0 Å². The predicted octanol–water partition coefficient (Wildman–Crippen LogP) is 0.679. The van der Waals surface area contributed by atoms with E-state index in [0.29, 0.717) is 0 Å². The second-order valence-corrected chi connectivity index (χ2v) is 3.82. The molecule has 0 atom stereocenters. The summed E-state index contributed by atoms with van der Waals surface area (Å²) in [5.74, 6) is 0. The van der Waals surface area contributed by atoms with Crippen LogP contribution in [0.5, 0.6) is 0 Å². The summed E-state index contributed by atoms with van der Waals surface area (Å²) in [6.07, 6.45) is 0. The molecule has 0 aliphatic heterocycles. The van der Waals surface area contributed by atoms with E-state index in [9.17, 15) is 0 Å². The Morgan fingerprint density at radius 2 is 1.56 bits per heavy atom. The number of nitrogens with zero attached hydrogens (tertiary/aromatic N) is 3. The Kier molecular flexibility index (Phi) is 1.99. The third kappa shape index (κ3) is 1.48. The highest BCUT2D eigenvalue weighted by Gasteiger charge is 2.02. The Balaban J connectivity index is 2.19. The number of hydrogen-bond donors (Lipinski definition) is 0. The van der Waals surface area contributed by atoms with Crippen molar-refractivity contribution in [3.63, 3.8) is 0 Å². The quantitative estimate of drug-likeness (QED) is 0.549. The number of benzene rings is 2. The topological polar surface area (TPSA) is 30.7 Å². The molecular weight excluding hydrogens is 197 g/mol. The minimum absolute atomic E-state index is 0.920. The Hall–Kier alpha value is -2.10. The molecule has 1 heterocycles. The summed E-state index contributed by atoms with van der Waals surface area (Å²) in [5, 5.41) is 8.86. The van der Waals surface area contributed by atoms with Crippen LogP contribution in [0, 0.1) is 0 Å². The maximum atomic E-state index is 4.43. The van der Waals surface area contributed by atoms with Crippen LogP contribution in [0.25, 0.3) is 16.7 Å². The van der Waals surface area contributed by atoms with Crippen LogP contribution in [-0.2, 0) is 0 Å². The van der Waals surface area contributed by atoms with Crippen LogP contribution in [0.2, 0.25) is 0 Å². The Bertz CT molecular complexity index is 612. The number of hydrogen-bond acceptors (Lipinski definition) is 2. The third-order valence-electron chi connectivity index (χ3n) is 2.52. The van der Waals surface area contributed by atoms with Gasteiger partial charge in [-0.3, -0.25) is 0 Å². The molecule has 1 aromatic heterocycles. The van der Waals surface area contributed by atoms with Crippen LogP contribution < -0.4 is 5.46 Å². The first-order chi connectivity index (χ1) is 7.83. The van der Waals surface area contributed by atoms with Crippen LogP contribution in [0.1, 0.15) is 0 Å². The molecule has 4 heteroatoms. The normalized spacial score (nSPS) is 10.8. The van der Waals surface area contributed by atoms with Crippen LogP contribution in [0.15, 0.2) is 48.5 Å². The lowest BCUT2D eigenvalue weighted by Crippen LogP contribution is -2.06. The zero-order valence-electron chi connectivity index (χ0n) is 8.96. The summed E-state index contributed by atoms with van der Waals surface area (Å²) in [6.45, 7) is 0. The summed E-state index contributed by atoms with van der Waals surface area (Å²) in [7, 11) is 2.06. The van der Waals surface area contributed by atoms with E-state index in [0.717, 1.165) is 16.7 Å². The molecule has 0 aliphatic rings. The SMILES string of the molecule is Bc1cccc(-n2nc3ccccc3n2)c1. The molecule has 0 saturated heterocycles. The van der Waals surface area contributed by atoms with Crippen molar-refractivity contribution in [1.82, 2.24) is 15.0 Å².